The van der Waals surface area contributed by atoms with Gasteiger partial charge in [0.1, 0.15) is 5.75 Å². The molecule has 21 heavy (non-hydrogen) atoms. The van der Waals surface area contributed by atoms with Crippen molar-refractivity contribution >= 4 is 5.69 Å². The second kappa shape index (κ2) is 5.63. The molecule has 3 rings (SSSR count). The van der Waals surface area contributed by atoms with Gasteiger partial charge in [0.15, 0.2) is 0 Å². The second-order valence-corrected chi connectivity index (χ2v) is 4.65. The molecule has 0 unspecified atom stereocenters. The highest BCUT2D eigenvalue weighted by molar-refractivity contribution is 5.67. The summed E-state index contributed by atoms with van der Waals surface area (Å²) in [5.74, 6) is 0.795. The minimum atomic E-state index is 0.709. The number of aromatic nitrogens is 2. The van der Waals surface area contributed by atoms with Gasteiger partial charge in [-0.3, -0.25) is 4.98 Å². The van der Waals surface area contributed by atoms with Crippen molar-refractivity contribution in [2.45, 2.75) is 0 Å². The van der Waals surface area contributed by atoms with Crippen molar-refractivity contribution in [2.75, 3.05) is 12.8 Å². The Morgan fingerprint density at radius 1 is 0.905 bits per heavy atom. The lowest BCUT2D eigenvalue weighted by Crippen LogP contribution is -1.92. The third kappa shape index (κ3) is 2.84. The van der Waals surface area contributed by atoms with Gasteiger partial charge in [-0.2, -0.15) is 0 Å². The maximum absolute atomic E-state index is 5.82. The molecule has 0 saturated carbocycles. The fourth-order valence-corrected chi connectivity index (χ4v) is 2.12. The number of nitrogens with zero attached hydrogens (tertiary/aromatic N) is 2. The first kappa shape index (κ1) is 13.1. The number of methoxy groups -OCH3 is 1. The lowest BCUT2D eigenvalue weighted by atomic mass is 10.1. The smallest absolute Gasteiger partial charge is 0.119 e. The van der Waals surface area contributed by atoms with E-state index in [0.717, 1.165) is 28.3 Å². The van der Waals surface area contributed by atoms with Crippen molar-refractivity contribution in [3.05, 3.63) is 60.9 Å². The largest absolute Gasteiger partial charge is 0.497 e. The van der Waals surface area contributed by atoms with Crippen LogP contribution in [0.15, 0.2) is 60.9 Å². The van der Waals surface area contributed by atoms with Crippen LogP contribution in [-0.2, 0) is 0 Å². The normalized spacial score (nSPS) is 10.3. The first-order valence-electron chi connectivity index (χ1n) is 6.58. The molecule has 4 nitrogen and oxygen atoms in total. The zero-order valence-corrected chi connectivity index (χ0v) is 11.7. The topological polar surface area (TPSA) is 61.0 Å². The van der Waals surface area contributed by atoms with Gasteiger partial charge in [-0.1, -0.05) is 24.3 Å². The van der Waals surface area contributed by atoms with E-state index < -0.39 is 0 Å². The summed E-state index contributed by atoms with van der Waals surface area (Å²) in [6.45, 7) is 0. The van der Waals surface area contributed by atoms with Gasteiger partial charge >= 0.3 is 0 Å². The Morgan fingerprint density at radius 3 is 2.24 bits per heavy atom. The Kier molecular flexibility index (Phi) is 3.51. The van der Waals surface area contributed by atoms with Crippen LogP contribution in [0, 0.1) is 0 Å². The zero-order valence-electron chi connectivity index (χ0n) is 11.7. The summed E-state index contributed by atoms with van der Waals surface area (Å²) in [5, 5.41) is 0. The minimum absolute atomic E-state index is 0.709. The molecule has 0 bridgehead atoms. The molecule has 0 atom stereocenters. The average molecular weight is 277 g/mol. The lowest BCUT2D eigenvalue weighted by molar-refractivity contribution is 0.415. The molecule has 0 aliphatic rings. The predicted molar refractivity (Wildman–Crippen MR) is 83.9 cm³/mol. The molecule has 0 amide bonds. The number of benzene rings is 2. The highest BCUT2D eigenvalue weighted by Gasteiger charge is 2.05. The highest BCUT2D eigenvalue weighted by atomic mass is 16.5. The molecule has 1 heterocycles. The van der Waals surface area contributed by atoms with Crippen LogP contribution in [0.3, 0.4) is 0 Å². The number of anilines is 1. The van der Waals surface area contributed by atoms with E-state index in [1.54, 1.807) is 19.5 Å². The number of nitrogens with two attached hydrogens (primary N) is 1. The number of nitrogen functional groups attached to an aromatic ring is 1. The number of rotatable bonds is 3. The molecule has 0 spiro atoms. The molecule has 0 aliphatic heterocycles. The standard InChI is InChI=1S/C17H15N3O/c1-21-15-7-3-5-13(9-15)17-11-19-10-16(20-17)12-4-2-6-14(18)8-12/h2-11H,18H2,1H3. The Labute approximate surface area is 123 Å². The molecule has 4 heteroatoms. The summed E-state index contributed by atoms with van der Waals surface area (Å²) < 4.78 is 5.24. The van der Waals surface area contributed by atoms with Crippen molar-refractivity contribution in [3.8, 4) is 28.3 Å². The first-order chi connectivity index (χ1) is 10.3. The predicted octanol–water partition coefficient (Wildman–Crippen LogP) is 3.40. The summed E-state index contributed by atoms with van der Waals surface area (Å²) in [7, 11) is 1.65. The Balaban J connectivity index is 2.03. The van der Waals surface area contributed by atoms with Crippen molar-refractivity contribution < 1.29 is 4.74 Å². The molecule has 1 aromatic heterocycles. The van der Waals surface area contributed by atoms with Gasteiger partial charge in [0.05, 0.1) is 30.9 Å². The third-order valence-electron chi connectivity index (χ3n) is 3.18. The molecule has 0 fully saturated rings. The summed E-state index contributed by atoms with van der Waals surface area (Å²) in [5.41, 5.74) is 10.0. The molecule has 2 aromatic carbocycles. The van der Waals surface area contributed by atoms with Crippen molar-refractivity contribution in [1.29, 1.82) is 0 Å². The van der Waals surface area contributed by atoms with E-state index in [0.29, 0.717) is 5.69 Å². The van der Waals surface area contributed by atoms with Gasteiger partial charge in [-0.25, -0.2) is 4.98 Å². The SMILES string of the molecule is COc1cccc(-c2cncc(-c3cccc(N)c3)n2)c1. The molecule has 0 radical (unpaired) electrons. The van der Waals surface area contributed by atoms with Gasteiger partial charge in [0.25, 0.3) is 0 Å². The fourth-order valence-electron chi connectivity index (χ4n) is 2.12. The van der Waals surface area contributed by atoms with E-state index in [2.05, 4.69) is 9.97 Å². The van der Waals surface area contributed by atoms with E-state index >= 15 is 0 Å². The molecule has 0 aliphatic carbocycles. The molecule has 104 valence electrons. The summed E-state index contributed by atoms with van der Waals surface area (Å²) in [4.78, 5) is 8.93. The molecule has 3 aromatic rings. The van der Waals surface area contributed by atoms with Crippen LogP contribution in [0.1, 0.15) is 0 Å². The zero-order chi connectivity index (χ0) is 14.7. The van der Waals surface area contributed by atoms with Gasteiger partial charge in [0, 0.05) is 16.8 Å². The second-order valence-electron chi connectivity index (χ2n) is 4.65. The fraction of sp³-hybridized carbons (Fsp3) is 0.0588. The quantitative estimate of drug-likeness (QED) is 0.745. The van der Waals surface area contributed by atoms with Crippen molar-refractivity contribution in [3.63, 3.8) is 0 Å². The maximum Gasteiger partial charge on any atom is 0.119 e. The Hall–Kier alpha value is -2.88. The van der Waals surface area contributed by atoms with Crippen LogP contribution in [-0.4, -0.2) is 17.1 Å². The monoisotopic (exact) mass is 277 g/mol. The van der Waals surface area contributed by atoms with E-state index in [-0.39, 0.29) is 0 Å². The van der Waals surface area contributed by atoms with E-state index in [1.165, 1.54) is 0 Å². The van der Waals surface area contributed by atoms with Crippen LogP contribution in [0.5, 0.6) is 5.75 Å². The van der Waals surface area contributed by atoms with E-state index in [4.69, 9.17) is 10.5 Å². The summed E-state index contributed by atoms with van der Waals surface area (Å²) >= 11 is 0. The van der Waals surface area contributed by atoms with Crippen LogP contribution < -0.4 is 10.5 Å². The van der Waals surface area contributed by atoms with Crippen LogP contribution in [0.4, 0.5) is 5.69 Å². The van der Waals surface area contributed by atoms with Gasteiger partial charge in [0.2, 0.25) is 0 Å². The van der Waals surface area contributed by atoms with Crippen LogP contribution in [0.2, 0.25) is 0 Å². The highest BCUT2D eigenvalue weighted by Crippen LogP contribution is 2.25. The lowest BCUT2D eigenvalue weighted by Gasteiger charge is -2.06. The Morgan fingerprint density at radius 2 is 1.57 bits per heavy atom. The maximum atomic E-state index is 5.82. The van der Waals surface area contributed by atoms with Gasteiger partial charge in [-0.15, -0.1) is 0 Å². The van der Waals surface area contributed by atoms with Crippen molar-refractivity contribution in [2.24, 2.45) is 0 Å². The molecular weight excluding hydrogens is 262 g/mol. The average Bonchev–Trinajstić information content (AvgIpc) is 2.55. The van der Waals surface area contributed by atoms with Crippen molar-refractivity contribution in [1.82, 2.24) is 9.97 Å². The first-order valence-corrected chi connectivity index (χ1v) is 6.58. The Bertz CT molecular complexity index is 771. The number of hydrogen-bond donors (Lipinski definition) is 1. The van der Waals surface area contributed by atoms with Gasteiger partial charge in [-0.05, 0) is 24.3 Å². The van der Waals surface area contributed by atoms with Crippen LogP contribution in [0.25, 0.3) is 22.5 Å². The van der Waals surface area contributed by atoms with Gasteiger partial charge < -0.3 is 10.5 Å². The summed E-state index contributed by atoms with van der Waals surface area (Å²) in [6.07, 6.45) is 3.48. The number of hydrogen-bond acceptors (Lipinski definition) is 4. The van der Waals surface area contributed by atoms with Crippen LogP contribution >= 0.6 is 0 Å². The van der Waals surface area contributed by atoms with E-state index in [1.807, 2.05) is 48.5 Å². The third-order valence-corrected chi connectivity index (χ3v) is 3.18. The molecule has 0 saturated heterocycles. The molecule has 2 N–H and O–H groups in total. The summed E-state index contributed by atoms with van der Waals surface area (Å²) in [6, 6.07) is 15.4. The van der Waals surface area contributed by atoms with E-state index in [9.17, 15) is 0 Å². The minimum Gasteiger partial charge on any atom is -0.497 e. The molecular formula is C17H15N3O. The number of ether oxygens (including phenoxy) is 1.